The number of carbonyl (C=O) groups excluding carboxylic acids is 1. The van der Waals surface area contributed by atoms with E-state index in [-0.39, 0.29) is 31.5 Å². The number of unbranched alkanes of at least 4 members (excludes halogenated alkanes) is 2. The van der Waals surface area contributed by atoms with Crippen molar-refractivity contribution >= 4 is 5.97 Å². The van der Waals surface area contributed by atoms with Crippen molar-refractivity contribution in [3.05, 3.63) is 24.3 Å². The molecule has 0 aromatic carbocycles. The summed E-state index contributed by atoms with van der Waals surface area (Å²) in [6, 6.07) is 0. The van der Waals surface area contributed by atoms with Crippen LogP contribution < -0.4 is 0 Å². The van der Waals surface area contributed by atoms with Crippen LogP contribution in [0.3, 0.4) is 0 Å². The van der Waals surface area contributed by atoms with Gasteiger partial charge in [-0.05, 0) is 25.7 Å². The van der Waals surface area contributed by atoms with Crippen molar-refractivity contribution < 1.29 is 24.1 Å². The van der Waals surface area contributed by atoms with E-state index in [2.05, 4.69) is 38.2 Å². The van der Waals surface area contributed by atoms with E-state index in [0.29, 0.717) is 19.6 Å². The predicted molar refractivity (Wildman–Crippen MR) is 109 cm³/mol. The molecule has 0 fully saturated rings. The molecule has 1 unspecified atom stereocenters. The third kappa shape index (κ3) is 18.0. The summed E-state index contributed by atoms with van der Waals surface area (Å²) in [7, 11) is 0. The molecule has 27 heavy (non-hydrogen) atoms. The average molecular weight is 385 g/mol. The lowest BCUT2D eigenvalue weighted by molar-refractivity contribution is -0.158. The molecule has 0 spiro atoms. The van der Waals surface area contributed by atoms with E-state index >= 15 is 0 Å². The lowest BCUT2D eigenvalue weighted by Gasteiger charge is -2.18. The van der Waals surface area contributed by atoms with Crippen LogP contribution in [0.1, 0.15) is 72.1 Å². The molecule has 0 saturated carbocycles. The Morgan fingerprint density at radius 1 is 0.926 bits per heavy atom. The van der Waals surface area contributed by atoms with Crippen LogP contribution in [0.2, 0.25) is 0 Å². The predicted octanol–water partition coefficient (Wildman–Crippen LogP) is 4.79. The minimum absolute atomic E-state index is 0.0131. The Kier molecular flexibility index (Phi) is 18.7. The van der Waals surface area contributed by atoms with Gasteiger partial charge >= 0.3 is 5.97 Å². The van der Waals surface area contributed by atoms with Gasteiger partial charge in [-0.3, -0.25) is 4.79 Å². The van der Waals surface area contributed by atoms with Gasteiger partial charge in [0, 0.05) is 18.9 Å². The van der Waals surface area contributed by atoms with Crippen molar-refractivity contribution in [2.75, 3.05) is 26.4 Å². The highest BCUT2D eigenvalue weighted by molar-refractivity contribution is 5.69. The Bertz CT molecular complexity index is 370. The van der Waals surface area contributed by atoms with Gasteiger partial charge in [0.2, 0.25) is 0 Å². The second kappa shape index (κ2) is 19.6. The summed E-state index contributed by atoms with van der Waals surface area (Å²) in [5.74, 6) is -0.319. The first-order valence-electron chi connectivity index (χ1n) is 10.4. The quantitative estimate of drug-likeness (QED) is 0.159. The van der Waals surface area contributed by atoms with Crippen LogP contribution in [-0.4, -0.2) is 43.8 Å². The summed E-state index contributed by atoms with van der Waals surface area (Å²) in [6.07, 6.45) is 15.0. The van der Waals surface area contributed by atoms with Gasteiger partial charge in [-0.25, -0.2) is 0 Å². The zero-order valence-electron chi connectivity index (χ0n) is 17.5. The molecule has 0 amide bonds. The van der Waals surface area contributed by atoms with Crippen LogP contribution in [0.25, 0.3) is 0 Å². The van der Waals surface area contributed by atoms with Crippen LogP contribution in [-0.2, 0) is 19.0 Å². The molecule has 5 nitrogen and oxygen atoms in total. The summed E-state index contributed by atoms with van der Waals surface area (Å²) >= 11 is 0. The fourth-order valence-electron chi connectivity index (χ4n) is 2.15. The summed E-state index contributed by atoms with van der Waals surface area (Å²) in [5, 5.41) is 8.97. The molecule has 0 aromatic rings. The fourth-order valence-corrected chi connectivity index (χ4v) is 2.15. The molecule has 0 aliphatic rings. The third-order valence-corrected chi connectivity index (χ3v) is 3.85. The lowest BCUT2D eigenvalue weighted by atomic mass is 10.2. The Hall–Kier alpha value is -1.17. The minimum Gasteiger partial charge on any atom is -0.465 e. The lowest BCUT2D eigenvalue weighted by Crippen LogP contribution is -2.21. The van der Waals surface area contributed by atoms with Crippen molar-refractivity contribution in [1.82, 2.24) is 0 Å². The number of ether oxygens (including phenoxy) is 3. The molecule has 158 valence electrons. The molecule has 0 radical (unpaired) electrons. The van der Waals surface area contributed by atoms with Gasteiger partial charge in [0.1, 0.15) is 0 Å². The SMILES string of the molecule is CCC/C=C\CCOC(CCC(=O)OCC(C)CO)OCC/C=C\CCC. The van der Waals surface area contributed by atoms with Gasteiger partial charge < -0.3 is 19.3 Å². The van der Waals surface area contributed by atoms with Crippen molar-refractivity contribution in [3.63, 3.8) is 0 Å². The zero-order valence-corrected chi connectivity index (χ0v) is 17.5. The fraction of sp³-hybridized carbons (Fsp3) is 0.773. The van der Waals surface area contributed by atoms with Gasteiger partial charge in [0.05, 0.1) is 26.2 Å². The number of aliphatic hydroxyl groups is 1. The second-order valence-electron chi connectivity index (χ2n) is 6.78. The molecule has 0 aliphatic heterocycles. The van der Waals surface area contributed by atoms with E-state index in [4.69, 9.17) is 19.3 Å². The molecular weight excluding hydrogens is 344 g/mol. The topological polar surface area (TPSA) is 65.0 Å². The van der Waals surface area contributed by atoms with E-state index in [9.17, 15) is 4.79 Å². The maximum absolute atomic E-state index is 11.8. The number of carbonyl (C=O) groups is 1. The Morgan fingerprint density at radius 3 is 1.93 bits per heavy atom. The molecule has 0 saturated heterocycles. The standard InChI is InChI=1S/C22H40O5/c1-4-6-8-10-12-16-25-22(26-17-13-11-9-7-5-2)15-14-21(24)27-19-20(3)18-23/h8-11,20,22-23H,4-7,12-19H2,1-3H3/b10-8-,11-9-. The Balaban J connectivity index is 4.18. The normalized spacial score (nSPS) is 13.1. The van der Waals surface area contributed by atoms with E-state index < -0.39 is 6.29 Å². The van der Waals surface area contributed by atoms with Gasteiger partial charge in [-0.2, -0.15) is 0 Å². The first-order valence-corrected chi connectivity index (χ1v) is 10.4. The van der Waals surface area contributed by atoms with Crippen molar-refractivity contribution in [1.29, 1.82) is 0 Å². The number of rotatable bonds is 18. The summed E-state index contributed by atoms with van der Waals surface area (Å²) < 4.78 is 16.8. The largest absolute Gasteiger partial charge is 0.465 e. The van der Waals surface area contributed by atoms with Crippen molar-refractivity contribution in [2.45, 2.75) is 78.4 Å². The summed E-state index contributed by atoms with van der Waals surface area (Å²) in [6.45, 7) is 7.55. The van der Waals surface area contributed by atoms with E-state index in [1.54, 1.807) is 0 Å². The minimum atomic E-state index is -0.396. The van der Waals surface area contributed by atoms with Gasteiger partial charge in [0.25, 0.3) is 0 Å². The number of aliphatic hydroxyl groups excluding tert-OH is 1. The van der Waals surface area contributed by atoms with Crippen LogP contribution in [0, 0.1) is 5.92 Å². The zero-order chi connectivity index (χ0) is 20.2. The molecule has 0 bridgehead atoms. The maximum Gasteiger partial charge on any atom is 0.305 e. The first kappa shape index (κ1) is 25.8. The first-order chi connectivity index (χ1) is 13.1. The van der Waals surface area contributed by atoms with Gasteiger partial charge in [0.15, 0.2) is 6.29 Å². The molecular formula is C22H40O5. The van der Waals surface area contributed by atoms with E-state index in [0.717, 1.165) is 38.5 Å². The monoisotopic (exact) mass is 384 g/mol. The number of hydrogen-bond donors (Lipinski definition) is 1. The van der Waals surface area contributed by atoms with E-state index in [1.165, 1.54) is 0 Å². The van der Waals surface area contributed by atoms with Crippen LogP contribution in [0.4, 0.5) is 0 Å². The molecule has 1 N–H and O–H groups in total. The van der Waals surface area contributed by atoms with Crippen molar-refractivity contribution in [3.8, 4) is 0 Å². The maximum atomic E-state index is 11.8. The highest BCUT2D eigenvalue weighted by Gasteiger charge is 2.13. The molecule has 5 heteroatoms. The highest BCUT2D eigenvalue weighted by atomic mass is 16.7. The summed E-state index contributed by atoms with van der Waals surface area (Å²) in [5.41, 5.74) is 0. The Morgan fingerprint density at radius 2 is 1.44 bits per heavy atom. The van der Waals surface area contributed by atoms with E-state index in [1.807, 2.05) is 6.92 Å². The number of esters is 1. The average Bonchev–Trinajstić information content (AvgIpc) is 2.68. The molecule has 1 atom stereocenters. The molecule has 0 aromatic heterocycles. The Labute approximate surface area is 165 Å². The molecule has 0 heterocycles. The van der Waals surface area contributed by atoms with Gasteiger partial charge in [-0.1, -0.05) is 57.9 Å². The number of hydrogen-bond acceptors (Lipinski definition) is 5. The molecule has 0 rings (SSSR count). The second-order valence-corrected chi connectivity index (χ2v) is 6.78. The summed E-state index contributed by atoms with van der Waals surface area (Å²) in [4.78, 5) is 11.8. The van der Waals surface area contributed by atoms with Crippen LogP contribution >= 0.6 is 0 Å². The van der Waals surface area contributed by atoms with Gasteiger partial charge in [-0.15, -0.1) is 0 Å². The van der Waals surface area contributed by atoms with Crippen LogP contribution in [0.15, 0.2) is 24.3 Å². The number of allylic oxidation sites excluding steroid dienone is 2. The van der Waals surface area contributed by atoms with Crippen LogP contribution in [0.5, 0.6) is 0 Å². The third-order valence-electron chi connectivity index (χ3n) is 3.85. The molecule has 0 aliphatic carbocycles. The van der Waals surface area contributed by atoms with Crippen molar-refractivity contribution in [2.24, 2.45) is 5.92 Å². The highest BCUT2D eigenvalue weighted by Crippen LogP contribution is 2.09. The smallest absolute Gasteiger partial charge is 0.305 e.